The summed E-state index contributed by atoms with van der Waals surface area (Å²) in [5, 5.41) is 4.44. The Labute approximate surface area is 258 Å². The number of para-hydroxylation sites is 3. The first-order valence-corrected chi connectivity index (χ1v) is 14.6. The molecule has 1 heterocycles. The number of imidazole rings is 1. The molecule has 1 aromatic heterocycles. The normalized spacial score (nSPS) is 13.1. The van der Waals surface area contributed by atoms with E-state index in [1.54, 1.807) is 0 Å². The first-order valence-electron chi connectivity index (χ1n) is 17.1. The monoisotopic (exact) mass is 555 g/mol. The minimum Gasteiger partial charge on any atom is -0.296 e. The Balaban J connectivity index is 1.38. The van der Waals surface area contributed by atoms with Gasteiger partial charge in [-0.15, -0.1) is 0 Å². The van der Waals surface area contributed by atoms with Gasteiger partial charge in [0, 0.05) is 12.0 Å². The van der Waals surface area contributed by atoms with E-state index in [0.29, 0.717) is 5.56 Å². The van der Waals surface area contributed by atoms with Crippen LogP contribution in [0.25, 0.3) is 71.6 Å². The first-order chi connectivity index (χ1) is 23.4. The minimum absolute atomic E-state index is 0.202. The highest BCUT2D eigenvalue weighted by atomic mass is 15.1. The molecule has 0 saturated heterocycles. The van der Waals surface area contributed by atoms with E-state index >= 15 is 0 Å². The Hall–Kier alpha value is -5.47. The highest BCUT2D eigenvalue weighted by molar-refractivity contribution is 6.22. The van der Waals surface area contributed by atoms with Gasteiger partial charge in [-0.3, -0.25) is 4.57 Å². The summed E-state index contributed by atoms with van der Waals surface area (Å²) in [4.78, 5) is 4.98. The van der Waals surface area contributed by atoms with Crippen molar-refractivity contribution in [3.63, 3.8) is 0 Å². The summed E-state index contributed by atoms with van der Waals surface area (Å²) >= 11 is 0. The lowest BCUT2D eigenvalue weighted by atomic mass is 9.85. The lowest BCUT2D eigenvalue weighted by Crippen LogP contribution is -2.03. The molecule has 8 aromatic rings. The molecule has 2 nitrogen and oxygen atoms in total. The van der Waals surface area contributed by atoms with Crippen molar-refractivity contribution in [2.24, 2.45) is 0 Å². The maximum absolute atomic E-state index is 8.47. The molecule has 0 unspecified atom stereocenters. The fourth-order valence-corrected chi connectivity index (χ4v) is 6.39. The molecule has 0 spiro atoms. The molecule has 0 N–H and O–H groups in total. The summed E-state index contributed by atoms with van der Waals surface area (Å²) in [5.74, 6) is 1.01. The van der Waals surface area contributed by atoms with E-state index in [4.69, 9.17) is 11.8 Å². The molecule has 0 aliphatic carbocycles. The number of aromatic nitrogens is 2. The average molecular weight is 556 g/mol. The molecular formula is C41H30N2. The molecule has 7 aromatic carbocycles. The largest absolute Gasteiger partial charge is 0.296 e. The number of hydrogen-bond acceptors (Lipinski definition) is 1. The summed E-state index contributed by atoms with van der Waals surface area (Å²) in [6.07, 6.45) is 0.794. The van der Waals surface area contributed by atoms with Gasteiger partial charge in [0.1, 0.15) is 5.82 Å². The van der Waals surface area contributed by atoms with Crippen LogP contribution in [-0.2, 0) is 6.42 Å². The molecule has 0 bridgehead atoms. The van der Waals surface area contributed by atoms with E-state index in [2.05, 4.69) is 102 Å². The van der Waals surface area contributed by atoms with Gasteiger partial charge in [0.05, 0.1) is 23.6 Å². The second kappa shape index (κ2) is 10.4. The Morgan fingerprint density at radius 1 is 0.558 bits per heavy atom. The number of aryl methyl sites for hydroxylation is 1. The van der Waals surface area contributed by atoms with Crippen molar-refractivity contribution in [1.29, 1.82) is 0 Å². The molecule has 2 heteroatoms. The van der Waals surface area contributed by atoms with Crippen LogP contribution < -0.4 is 0 Å². The van der Waals surface area contributed by atoms with Gasteiger partial charge in [-0.05, 0) is 67.6 Å². The van der Waals surface area contributed by atoms with E-state index in [-0.39, 0.29) is 29.7 Å². The van der Waals surface area contributed by atoms with Crippen LogP contribution in [0.15, 0.2) is 152 Å². The topological polar surface area (TPSA) is 17.8 Å². The zero-order valence-corrected chi connectivity index (χ0v) is 23.6. The van der Waals surface area contributed by atoms with Gasteiger partial charge >= 0.3 is 0 Å². The summed E-state index contributed by atoms with van der Waals surface area (Å²) in [7, 11) is 0. The smallest absolute Gasteiger partial charge is 0.114 e. The molecule has 0 aliphatic heterocycles. The quantitative estimate of drug-likeness (QED) is 0.193. The van der Waals surface area contributed by atoms with Crippen molar-refractivity contribution in [1.82, 2.24) is 9.55 Å². The molecule has 0 fully saturated rings. The Bertz CT molecular complexity index is 2470. The molecule has 43 heavy (non-hydrogen) atoms. The molecule has 8 rings (SSSR count). The number of fused-ring (bicyclic) bond motifs is 3. The zero-order valence-electron chi connectivity index (χ0n) is 28.6. The van der Waals surface area contributed by atoms with E-state index in [0.717, 1.165) is 72.8 Å². The highest BCUT2D eigenvalue weighted by Gasteiger charge is 2.20. The zero-order chi connectivity index (χ0) is 33.1. The molecule has 0 amide bonds. The van der Waals surface area contributed by atoms with Crippen LogP contribution in [0.1, 0.15) is 19.6 Å². The second-order valence-electron chi connectivity index (χ2n) is 10.6. The van der Waals surface area contributed by atoms with Crippen molar-refractivity contribution in [2.45, 2.75) is 13.3 Å². The van der Waals surface area contributed by atoms with Gasteiger partial charge in [0.2, 0.25) is 0 Å². The maximum Gasteiger partial charge on any atom is 0.114 e. The van der Waals surface area contributed by atoms with Crippen LogP contribution in [0.2, 0.25) is 0 Å². The van der Waals surface area contributed by atoms with E-state index in [1.165, 1.54) is 0 Å². The number of nitrogens with zero attached hydrogens (tertiary/aromatic N) is 2. The molecule has 0 saturated carbocycles. The Kier molecular flexibility index (Phi) is 4.95. The third kappa shape index (κ3) is 4.14. The van der Waals surface area contributed by atoms with Crippen molar-refractivity contribution in [3.8, 4) is 39.1 Å². The lowest BCUT2D eigenvalue weighted by Gasteiger charge is -2.20. The van der Waals surface area contributed by atoms with Gasteiger partial charge in [0.25, 0.3) is 0 Å². The van der Waals surface area contributed by atoms with Crippen molar-refractivity contribution in [2.75, 3.05) is 0 Å². The van der Waals surface area contributed by atoms with Gasteiger partial charge in [-0.25, -0.2) is 4.98 Å². The summed E-state index contributed by atoms with van der Waals surface area (Å²) in [5.41, 5.74) is 8.23. The van der Waals surface area contributed by atoms with Crippen LogP contribution in [0, 0.1) is 0 Å². The Morgan fingerprint density at radius 3 is 1.79 bits per heavy atom. The standard InChI is InChI=1S/C41H30N2/c1-2-39-42-36-21-11-13-23-38(36)43(39)37-22-12-10-20-35(37)41-33-18-8-6-16-31(33)40(32-17-7-9-19-34(32)41)30-26-24-29(25-27-30)28-14-4-3-5-15-28/h3-27H,2H2,1H3/i3D,4D,5D,14D,15D. The van der Waals surface area contributed by atoms with E-state index in [1.807, 2.05) is 30.3 Å². The molecule has 204 valence electrons. The average Bonchev–Trinajstić information content (AvgIpc) is 3.51. The number of rotatable bonds is 5. The third-order valence-corrected chi connectivity index (χ3v) is 8.25. The van der Waals surface area contributed by atoms with Gasteiger partial charge in [-0.2, -0.15) is 0 Å². The summed E-state index contributed by atoms with van der Waals surface area (Å²) in [6.45, 7) is 2.14. The SMILES string of the molecule is [2H]c1c([2H])c([2H])c(-c2ccc(-c3c4ccccc4c(-c4ccccc4-n4c(CC)nc5ccccc54)c4ccccc34)cc2)c([2H])c1[2H]. The van der Waals surface area contributed by atoms with Crippen LogP contribution >= 0.6 is 0 Å². The Morgan fingerprint density at radius 2 is 1.12 bits per heavy atom. The van der Waals surface area contributed by atoms with Gasteiger partial charge < -0.3 is 0 Å². The van der Waals surface area contributed by atoms with Crippen molar-refractivity contribution in [3.05, 3.63) is 157 Å². The first kappa shape index (κ1) is 20.4. The summed E-state index contributed by atoms with van der Waals surface area (Å²) in [6, 6.07) is 40.1. The van der Waals surface area contributed by atoms with Gasteiger partial charge in [0.15, 0.2) is 0 Å². The predicted molar refractivity (Wildman–Crippen MR) is 182 cm³/mol. The van der Waals surface area contributed by atoms with Crippen LogP contribution in [-0.4, -0.2) is 9.55 Å². The maximum atomic E-state index is 8.47. The van der Waals surface area contributed by atoms with Crippen LogP contribution in [0.4, 0.5) is 0 Å². The fourth-order valence-electron chi connectivity index (χ4n) is 6.39. The van der Waals surface area contributed by atoms with Crippen molar-refractivity contribution >= 4 is 32.6 Å². The fraction of sp³-hybridized carbons (Fsp3) is 0.0488. The molecule has 0 aliphatic rings. The van der Waals surface area contributed by atoms with Crippen molar-refractivity contribution < 1.29 is 6.85 Å². The van der Waals surface area contributed by atoms with E-state index in [9.17, 15) is 0 Å². The summed E-state index contributed by atoms with van der Waals surface area (Å²) < 4.78 is 43.5. The third-order valence-electron chi connectivity index (χ3n) is 8.25. The van der Waals surface area contributed by atoms with Crippen LogP contribution in [0.3, 0.4) is 0 Å². The molecule has 0 radical (unpaired) electrons. The molecular weight excluding hydrogens is 520 g/mol. The number of hydrogen-bond donors (Lipinski definition) is 0. The second-order valence-corrected chi connectivity index (χ2v) is 10.6. The van der Waals surface area contributed by atoms with Gasteiger partial charge in [-0.1, -0.05) is 140 Å². The number of benzene rings is 7. The minimum atomic E-state index is -0.392. The molecule has 0 atom stereocenters. The lowest BCUT2D eigenvalue weighted by molar-refractivity contribution is 0.909. The predicted octanol–water partition coefficient (Wildman–Crippen LogP) is 10.9. The van der Waals surface area contributed by atoms with Crippen LogP contribution in [0.5, 0.6) is 0 Å². The highest BCUT2D eigenvalue weighted by Crippen LogP contribution is 2.45. The van der Waals surface area contributed by atoms with E-state index < -0.39 is 6.04 Å².